The molecule has 1 aromatic carbocycles. The van der Waals surface area contributed by atoms with Crippen LogP contribution >= 0.6 is 0 Å². The first-order valence-corrected chi connectivity index (χ1v) is 6.94. The number of likely N-dealkylation sites (N-methyl/N-ethyl adjacent to an activating group) is 1. The van der Waals surface area contributed by atoms with E-state index >= 15 is 0 Å². The Morgan fingerprint density at radius 1 is 1.19 bits per heavy atom. The molecule has 2 amide bonds. The number of amides is 2. The number of rotatable bonds is 7. The summed E-state index contributed by atoms with van der Waals surface area (Å²) in [7, 11) is 1.69. The van der Waals surface area contributed by atoms with E-state index in [1.807, 2.05) is 13.8 Å². The van der Waals surface area contributed by atoms with Gasteiger partial charge in [0.25, 0.3) is 0 Å². The lowest BCUT2D eigenvalue weighted by atomic mass is 10.2. The predicted molar refractivity (Wildman–Crippen MR) is 80.4 cm³/mol. The van der Waals surface area contributed by atoms with Crippen LogP contribution in [0.1, 0.15) is 20.3 Å². The van der Waals surface area contributed by atoms with Gasteiger partial charge in [-0.15, -0.1) is 0 Å². The van der Waals surface area contributed by atoms with Crippen LogP contribution in [0, 0.1) is 5.82 Å². The molecule has 0 aliphatic heterocycles. The number of hydrogen-bond donors (Lipinski definition) is 2. The minimum absolute atomic E-state index is 0.0886. The average molecular weight is 295 g/mol. The zero-order valence-corrected chi connectivity index (χ0v) is 12.6. The predicted octanol–water partition coefficient (Wildman–Crippen LogP) is 1.61. The van der Waals surface area contributed by atoms with Crippen molar-refractivity contribution in [3.05, 3.63) is 30.1 Å². The van der Waals surface area contributed by atoms with Gasteiger partial charge in [-0.3, -0.25) is 14.5 Å². The molecule has 0 aliphatic rings. The van der Waals surface area contributed by atoms with Crippen LogP contribution in [0.3, 0.4) is 0 Å². The average Bonchev–Trinajstić information content (AvgIpc) is 2.40. The monoisotopic (exact) mass is 295 g/mol. The first-order chi connectivity index (χ1) is 9.90. The Morgan fingerprint density at radius 2 is 1.76 bits per heavy atom. The maximum atomic E-state index is 12.7. The van der Waals surface area contributed by atoms with E-state index in [1.165, 1.54) is 24.3 Å². The highest BCUT2D eigenvalue weighted by Crippen LogP contribution is 2.07. The highest BCUT2D eigenvalue weighted by atomic mass is 19.1. The maximum Gasteiger partial charge on any atom is 0.238 e. The zero-order valence-electron chi connectivity index (χ0n) is 12.6. The quantitative estimate of drug-likeness (QED) is 0.803. The van der Waals surface area contributed by atoms with Crippen molar-refractivity contribution in [3.63, 3.8) is 0 Å². The molecule has 1 atom stereocenters. The summed E-state index contributed by atoms with van der Waals surface area (Å²) in [5, 5.41) is 5.48. The summed E-state index contributed by atoms with van der Waals surface area (Å²) < 4.78 is 12.7. The van der Waals surface area contributed by atoms with Crippen molar-refractivity contribution in [2.45, 2.75) is 26.3 Å². The molecule has 0 aromatic heterocycles. The molecule has 0 saturated heterocycles. The Bertz CT molecular complexity index is 476. The molecule has 1 aromatic rings. The van der Waals surface area contributed by atoms with Crippen molar-refractivity contribution in [2.24, 2.45) is 0 Å². The van der Waals surface area contributed by atoms with E-state index in [4.69, 9.17) is 0 Å². The lowest BCUT2D eigenvalue weighted by molar-refractivity contribution is -0.123. The number of nitrogens with one attached hydrogen (secondary N) is 2. The summed E-state index contributed by atoms with van der Waals surface area (Å²) in [6, 6.07) is 5.66. The second kappa shape index (κ2) is 8.36. The number of benzene rings is 1. The van der Waals surface area contributed by atoms with E-state index in [0.29, 0.717) is 5.69 Å². The molecule has 0 unspecified atom stereocenters. The van der Waals surface area contributed by atoms with Crippen molar-refractivity contribution >= 4 is 17.5 Å². The van der Waals surface area contributed by atoms with Gasteiger partial charge < -0.3 is 10.6 Å². The van der Waals surface area contributed by atoms with Crippen molar-refractivity contribution in [2.75, 3.05) is 25.5 Å². The van der Waals surface area contributed by atoms with Crippen LogP contribution in [0.25, 0.3) is 0 Å². The third-order valence-corrected chi connectivity index (χ3v) is 2.97. The standard InChI is InChI=1S/C15H22FN3O2/c1-4-11(2)17-14(20)9-19(3)10-15(21)18-13-7-5-12(16)6-8-13/h5-8,11H,4,9-10H2,1-3H3,(H,17,20)(H,18,21)/t11-/m1/s1. The molecule has 21 heavy (non-hydrogen) atoms. The third-order valence-electron chi connectivity index (χ3n) is 2.97. The number of nitrogens with zero attached hydrogens (tertiary/aromatic N) is 1. The van der Waals surface area contributed by atoms with Gasteiger partial charge in [0.05, 0.1) is 13.1 Å². The molecule has 0 aliphatic carbocycles. The second-order valence-electron chi connectivity index (χ2n) is 5.10. The van der Waals surface area contributed by atoms with Gasteiger partial charge in [0.15, 0.2) is 0 Å². The first kappa shape index (κ1) is 17.1. The number of carbonyl (C=O) groups is 2. The van der Waals surface area contributed by atoms with Gasteiger partial charge in [0.2, 0.25) is 11.8 Å². The largest absolute Gasteiger partial charge is 0.353 e. The van der Waals surface area contributed by atoms with Crippen LogP contribution in [-0.2, 0) is 9.59 Å². The maximum absolute atomic E-state index is 12.7. The van der Waals surface area contributed by atoms with E-state index in [2.05, 4.69) is 10.6 Å². The molecule has 0 spiro atoms. The molecule has 0 saturated carbocycles. The Balaban J connectivity index is 2.36. The smallest absolute Gasteiger partial charge is 0.238 e. The summed E-state index contributed by atoms with van der Waals surface area (Å²) in [5.41, 5.74) is 0.527. The third kappa shape index (κ3) is 6.85. The minimum Gasteiger partial charge on any atom is -0.353 e. The SMILES string of the molecule is CC[C@@H](C)NC(=O)CN(C)CC(=O)Nc1ccc(F)cc1. The molecule has 116 valence electrons. The molecule has 0 heterocycles. The van der Waals surface area contributed by atoms with Crippen LogP contribution in [0.4, 0.5) is 10.1 Å². The minimum atomic E-state index is -0.355. The highest BCUT2D eigenvalue weighted by molar-refractivity contribution is 5.92. The summed E-state index contributed by atoms with van der Waals surface area (Å²) >= 11 is 0. The van der Waals surface area contributed by atoms with Crippen molar-refractivity contribution in [1.82, 2.24) is 10.2 Å². The zero-order chi connectivity index (χ0) is 15.8. The summed E-state index contributed by atoms with van der Waals surface area (Å²) in [5.74, 6) is -0.714. The van der Waals surface area contributed by atoms with Gasteiger partial charge in [-0.25, -0.2) is 4.39 Å². The van der Waals surface area contributed by atoms with Crippen LogP contribution in [0.15, 0.2) is 24.3 Å². The summed E-state index contributed by atoms with van der Waals surface area (Å²) in [4.78, 5) is 25.1. The van der Waals surface area contributed by atoms with Gasteiger partial charge in [-0.05, 0) is 44.7 Å². The topological polar surface area (TPSA) is 61.4 Å². The Kier molecular flexibility index (Phi) is 6.81. The van der Waals surface area contributed by atoms with Crippen LogP contribution in [0.2, 0.25) is 0 Å². The van der Waals surface area contributed by atoms with Gasteiger partial charge in [0.1, 0.15) is 5.82 Å². The van der Waals surface area contributed by atoms with Gasteiger partial charge in [-0.1, -0.05) is 6.92 Å². The lowest BCUT2D eigenvalue weighted by Crippen LogP contribution is -2.41. The number of anilines is 1. The van der Waals surface area contributed by atoms with Gasteiger partial charge in [0, 0.05) is 11.7 Å². The van der Waals surface area contributed by atoms with E-state index in [0.717, 1.165) is 6.42 Å². The summed E-state index contributed by atoms with van der Waals surface area (Å²) in [6.45, 7) is 4.16. The fraction of sp³-hybridized carbons (Fsp3) is 0.467. The number of carbonyl (C=O) groups excluding carboxylic acids is 2. The van der Waals surface area contributed by atoms with E-state index in [-0.39, 0.29) is 36.8 Å². The molecule has 6 heteroatoms. The molecule has 0 fully saturated rings. The molecular weight excluding hydrogens is 273 g/mol. The fourth-order valence-corrected chi connectivity index (χ4v) is 1.70. The lowest BCUT2D eigenvalue weighted by Gasteiger charge is -2.18. The molecule has 5 nitrogen and oxygen atoms in total. The van der Waals surface area contributed by atoms with Crippen molar-refractivity contribution < 1.29 is 14.0 Å². The normalized spacial score (nSPS) is 12.0. The summed E-state index contributed by atoms with van der Waals surface area (Å²) in [6.07, 6.45) is 0.862. The molecule has 0 radical (unpaired) electrons. The van der Waals surface area contributed by atoms with Gasteiger partial charge in [-0.2, -0.15) is 0 Å². The Hall–Kier alpha value is -1.95. The van der Waals surface area contributed by atoms with E-state index in [1.54, 1.807) is 11.9 Å². The molecule has 2 N–H and O–H groups in total. The van der Waals surface area contributed by atoms with Crippen LogP contribution < -0.4 is 10.6 Å². The fourth-order valence-electron chi connectivity index (χ4n) is 1.70. The van der Waals surface area contributed by atoms with E-state index < -0.39 is 0 Å². The van der Waals surface area contributed by atoms with Gasteiger partial charge >= 0.3 is 0 Å². The first-order valence-electron chi connectivity index (χ1n) is 6.94. The van der Waals surface area contributed by atoms with Crippen molar-refractivity contribution in [3.8, 4) is 0 Å². The molecular formula is C15H22FN3O2. The van der Waals surface area contributed by atoms with Crippen LogP contribution in [0.5, 0.6) is 0 Å². The van der Waals surface area contributed by atoms with Crippen LogP contribution in [-0.4, -0.2) is 42.9 Å². The van der Waals surface area contributed by atoms with Crippen molar-refractivity contribution in [1.29, 1.82) is 0 Å². The second-order valence-corrected chi connectivity index (χ2v) is 5.10. The van der Waals surface area contributed by atoms with E-state index in [9.17, 15) is 14.0 Å². The number of hydrogen-bond acceptors (Lipinski definition) is 3. The molecule has 1 rings (SSSR count). The highest BCUT2D eigenvalue weighted by Gasteiger charge is 2.12. The molecule has 0 bridgehead atoms. The Morgan fingerprint density at radius 3 is 2.33 bits per heavy atom. The number of halogens is 1. The Labute approximate surface area is 124 Å².